The Hall–Kier alpha value is -0.220. The lowest BCUT2D eigenvalue weighted by molar-refractivity contribution is -0.145. The predicted molar refractivity (Wildman–Crippen MR) is 103 cm³/mol. The molecule has 0 saturated heterocycles. The van der Waals surface area contributed by atoms with E-state index in [1.165, 1.54) is 64.2 Å². The highest BCUT2D eigenvalue weighted by molar-refractivity contribution is 7.98. The van der Waals surface area contributed by atoms with Gasteiger partial charge < -0.3 is 10.5 Å². The number of esters is 1. The maximum atomic E-state index is 11.6. The minimum Gasteiger partial charge on any atom is -0.465 e. The van der Waals surface area contributed by atoms with E-state index in [4.69, 9.17) is 10.5 Å². The van der Waals surface area contributed by atoms with Crippen molar-refractivity contribution in [2.75, 3.05) is 18.6 Å². The predicted octanol–water partition coefficient (Wildman–Crippen LogP) is 5.31. The van der Waals surface area contributed by atoms with Crippen LogP contribution in [-0.4, -0.2) is 30.6 Å². The molecule has 0 aliphatic heterocycles. The highest BCUT2D eigenvalue weighted by Crippen LogP contribution is 2.12. The summed E-state index contributed by atoms with van der Waals surface area (Å²) in [4.78, 5) is 11.6. The van der Waals surface area contributed by atoms with Gasteiger partial charge in [-0.25, -0.2) is 0 Å². The summed E-state index contributed by atoms with van der Waals surface area (Å²) in [7, 11) is 0. The molecule has 0 heterocycles. The Bertz CT molecular complexity index is 262. The summed E-state index contributed by atoms with van der Waals surface area (Å²) in [5.41, 5.74) is 5.76. The van der Waals surface area contributed by atoms with Crippen LogP contribution in [0.4, 0.5) is 0 Å². The fourth-order valence-corrected chi connectivity index (χ4v) is 3.08. The van der Waals surface area contributed by atoms with Gasteiger partial charge in [0.25, 0.3) is 0 Å². The van der Waals surface area contributed by atoms with E-state index in [2.05, 4.69) is 6.92 Å². The van der Waals surface area contributed by atoms with Crippen LogP contribution in [0.2, 0.25) is 0 Å². The highest BCUT2D eigenvalue weighted by Gasteiger charge is 2.13. The van der Waals surface area contributed by atoms with Gasteiger partial charge in [0, 0.05) is 0 Å². The van der Waals surface area contributed by atoms with E-state index >= 15 is 0 Å². The second-order valence-electron chi connectivity index (χ2n) is 6.44. The average Bonchev–Trinajstić information content (AvgIpc) is 2.56. The standard InChI is InChI=1S/C19H39NO2S/c1-3-4-5-6-7-8-9-10-11-12-13-14-16-22-19(21)18(20)15-17-23-2/h18H,3-17,20H2,1-2H3. The fourth-order valence-electron chi connectivity index (χ4n) is 2.59. The summed E-state index contributed by atoms with van der Waals surface area (Å²) in [6, 6.07) is -0.445. The van der Waals surface area contributed by atoms with E-state index in [1.54, 1.807) is 11.8 Å². The molecule has 0 radical (unpaired) electrons. The van der Waals surface area contributed by atoms with Crippen molar-refractivity contribution in [1.82, 2.24) is 0 Å². The molecule has 3 nitrogen and oxygen atoms in total. The number of rotatable bonds is 17. The summed E-state index contributed by atoms with van der Waals surface area (Å²) in [6.07, 6.45) is 18.5. The number of hydrogen-bond acceptors (Lipinski definition) is 4. The van der Waals surface area contributed by atoms with Gasteiger partial charge in [-0.05, 0) is 24.9 Å². The summed E-state index contributed by atoms with van der Waals surface area (Å²) >= 11 is 1.71. The van der Waals surface area contributed by atoms with E-state index < -0.39 is 6.04 Å². The molecule has 1 atom stereocenters. The van der Waals surface area contributed by atoms with Crippen LogP contribution in [0.5, 0.6) is 0 Å². The minimum absolute atomic E-state index is 0.234. The largest absolute Gasteiger partial charge is 0.465 e. The Morgan fingerprint density at radius 3 is 1.87 bits per heavy atom. The molecule has 0 saturated carbocycles. The number of carbonyl (C=O) groups is 1. The average molecular weight is 346 g/mol. The van der Waals surface area contributed by atoms with Gasteiger partial charge in [0.15, 0.2) is 0 Å². The van der Waals surface area contributed by atoms with Gasteiger partial charge in [0.2, 0.25) is 0 Å². The molecular formula is C19H39NO2S. The van der Waals surface area contributed by atoms with E-state index in [0.29, 0.717) is 13.0 Å². The van der Waals surface area contributed by atoms with Crippen LogP contribution in [0.15, 0.2) is 0 Å². The second-order valence-corrected chi connectivity index (χ2v) is 7.43. The summed E-state index contributed by atoms with van der Waals surface area (Å²) in [5, 5.41) is 0. The van der Waals surface area contributed by atoms with Gasteiger partial charge >= 0.3 is 5.97 Å². The Labute approximate surface area is 148 Å². The van der Waals surface area contributed by atoms with Crippen molar-refractivity contribution in [3.8, 4) is 0 Å². The zero-order chi connectivity index (χ0) is 17.2. The zero-order valence-corrected chi connectivity index (χ0v) is 16.3. The van der Waals surface area contributed by atoms with Gasteiger partial charge in [-0.1, -0.05) is 77.6 Å². The summed E-state index contributed by atoms with van der Waals surface area (Å²) < 4.78 is 5.22. The molecule has 1 unspecified atom stereocenters. The van der Waals surface area contributed by atoms with E-state index in [-0.39, 0.29) is 5.97 Å². The van der Waals surface area contributed by atoms with E-state index in [1.807, 2.05) is 6.26 Å². The van der Waals surface area contributed by atoms with Crippen LogP contribution in [0.25, 0.3) is 0 Å². The third-order valence-electron chi connectivity index (χ3n) is 4.18. The summed E-state index contributed by atoms with van der Waals surface area (Å²) in [6.45, 7) is 2.80. The van der Waals surface area contributed by atoms with Crippen molar-refractivity contribution in [2.45, 2.75) is 96.4 Å². The van der Waals surface area contributed by atoms with Crippen molar-refractivity contribution in [3.63, 3.8) is 0 Å². The quantitative estimate of drug-likeness (QED) is 0.287. The Morgan fingerprint density at radius 1 is 0.913 bits per heavy atom. The molecule has 0 aromatic heterocycles. The van der Waals surface area contributed by atoms with Crippen LogP contribution in [0.3, 0.4) is 0 Å². The molecule has 0 aliphatic carbocycles. The smallest absolute Gasteiger partial charge is 0.322 e. The van der Waals surface area contributed by atoms with Crippen molar-refractivity contribution < 1.29 is 9.53 Å². The topological polar surface area (TPSA) is 52.3 Å². The molecular weight excluding hydrogens is 306 g/mol. The Morgan fingerprint density at radius 2 is 1.39 bits per heavy atom. The van der Waals surface area contributed by atoms with Crippen LogP contribution in [-0.2, 0) is 9.53 Å². The Kier molecular flexibility index (Phi) is 18.0. The highest BCUT2D eigenvalue weighted by atomic mass is 32.2. The number of unbranched alkanes of at least 4 members (excludes halogenated alkanes) is 11. The van der Waals surface area contributed by atoms with E-state index in [9.17, 15) is 4.79 Å². The fraction of sp³-hybridized carbons (Fsp3) is 0.947. The first kappa shape index (κ1) is 22.8. The Balaban J connectivity index is 3.19. The zero-order valence-electron chi connectivity index (χ0n) is 15.5. The maximum Gasteiger partial charge on any atom is 0.322 e. The SMILES string of the molecule is CCCCCCCCCCCCCCOC(=O)C(N)CCSC. The van der Waals surface area contributed by atoms with Gasteiger partial charge in [-0.3, -0.25) is 4.79 Å². The number of nitrogens with two attached hydrogens (primary N) is 1. The molecule has 0 rings (SSSR count). The minimum atomic E-state index is -0.445. The van der Waals surface area contributed by atoms with Crippen molar-refractivity contribution >= 4 is 17.7 Å². The molecule has 4 heteroatoms. The first-order chi connectivity index (χ1) is 11.2. The molecule has 0 amide bonds. The molecule has 23 heavy (non-hydrogen) atoms. The second kappa shape index (κ2) is 18.1. The number of carbonyl (C=O) groups excluding carboxylic acids is 1. The number of ether oxygens (including phenoxy) is 1. The maximum absolute atomic E-state index is 11.6. The van der Waals surface area contributed by atoms with Crippen molar-refractivity contribution in [3.05, 3.63) is 0 Å². The molecule has 138 valence electrons. The molecule has 0 aliphatic rings. The normalized spacial score (nSPS) is 12.3. The van der Waals surface area contributed by atoms with Crippen molar-refractivity contribution in [2.24, 2.45) is 5.73 Å². The van der Waals surface area contributed by atoms with Crippen LogP contribution < -0.4 is 5.73 Å². The lowest BCUT2D eigenvalue weighted by atomic mass is 10.1. The van der Waals surface area contributed by atoms with Crippen molar-refractivity contribution in [1.29, 1.82) is 0 Å². The third-order valence-corrected chi connectivity index (χ3v) is 4.82. The van der Waals surface area contributed by atoms with Gasteiger partial charge in [0.05, 0.1) is 6.61 Å². The molecule has 0 aromatic carbocycles. The van der Waals surface area contributed by atoms with Gasteiger partial charge in [0.1, 0.15) is 6.04 Å². The van der Waals surface area contributed by atoms with Crippen LogP contribution in [0, 0.1) is 0 Å². The molecule has 0 bridgehead atoms. The monoisotopic (exact) mass is 345 g/mol. The molecule has 0 spiro atoms. The lowest BCUT2D eigenvalue weighted by Gasteiger charge is -2.10. The first-order valence-corrected chi connectivity index (χ1v) is 11.0. The summed E-state index contributed by atoms with van der Waals surface area (Å²) in [5.74, 6) is 0.677. The number of hydrogen-bond donors (Lipinski definition) is 1. The van der Waals surface area contributed by atoms with Gasteiger partial charge in [-0.15, -0.1) is 0 Å². The molecule has 0 fully saturated rings. The van der Waals surface area contributed by atoms with Crippen LogP contribution >= 0.6 is 11.8 Å². The molecule has 0 aromatic rings. The van der Waals surface area contributed by atoms with Gasteiger partial charge in [-0.2, -0.15) is 11.8 Å². The first-order valence-electron chi connectivity index (χ1n) is 9.63. The lowest BCUT2D eigenvalue weighted by Crippen LogP contribution is -2.33. The molecule has 2 N–H and O–H groups in total. The third kappa shape index (κ3) is 16.4. The number of thioether (sulfide) groups is 1. The van der Waals surface area contributed by atoms with E-state index in [0.717, 1.165) is 18.6 Å². The van der Waals surface area contributed by atoms with Crippen LogP contribution in [0.1, 0.15) is 90.4 Å².